The summed E-state index contributed by atoms with van der Waals surface area (Å²) in [7, 11) is 0. The summed E-state index contributed by atoms with van der Waals surface area (Å²) in [5.41, 5.74) is 0.577. The van der Waals surface area contributed by atoms with Crippen LogP contribution in [0.3, 0.4) is 0 Å². The molecule has 22 heavy (non-hydrogen) atoms. The fourth-order valence-electron chi connectivity index (χ4n) is 2.14. The van der Waals surface area contributed by atoms with E-state index in [1.165, 1.54) is 29.2 Å². The lowest BCUT2D eigenvalue weighted by Gasteiger charge is -2.09. The van der Waals surface area contributed by atoms with Gasteiger partial charge in [0.1, 0.15) is 10.1 Å². The van der Waals surface area contributed by atoms with Crippen molar-refractivity contribution in [2.75, 3.05) is 6.54 Å². The number of hydrogen-bond acceptors (Lipinski definition) is 4. The fourth-order valence-corrected chi connectivity index (χ4v) is 4.57. The molecule has 0 spiro atoms. The largest absolute Gasteiger partial charge is 0.293 e. The Labute approximate surface area is 141 Å². The Morgan fingerprint density at radius 2 is 2.05 bits per heavy atom. The average molecular weight is 349 g/mol. The van der Waals surface area contributed by atoms with E-state index in [0.29, 0.717) is 21.3 Å². The van der Waals surface area contributed by atoms with Gasteiger partial charge in [-0.2, -0.15) is 0 Å². The van der Waals surface area contributed by atoms with E-state index in [0.717, 1.165) is 9.75 Å². The molecule has 2 nitrogen and oxygen atoms in total. The zero-order valence-electron chi connectivity index (χ0n) is 11.7. The average Bonchev–Trinajstić information content (AvgIpc) is 3.05. The summed E-state index contributed by atoms with van der Waals surface area (Å²) >= 11 is 7.96. The van der Waals surface area contributed by atoms with Crippen molar-refractivity contribution < 1.29 is 9.18 Å². The maximum absolute atomic E-state index is 13.8. The van der Waals surface area contributed by atoms with Gasteiger partial charge in [-0.05, 0) is 31.2 Å². The fraction of sp³-hybridized carbons (Fsp3) is 0.125. The predicted molar refractivity (Wildman–Crippen MR) is 95.3 cm³/mol. The molecule has 112 valence electrons. The number of halogens is 1. The highest BCUT2D eigenvalue weighted by atomic mass is 32.2. The van der Waals surface area contributed by atoms with Crippen LogP contribution in [0.25, 0.3) is 16.5 Å². The van der Waals surface area contributed by atoms with Gasteiger partial charge in [-0.25, -0.2) is 4.39 Å². The zero-order chi connectivity index (χ0) is 15.7. The van der Waals surface area contributed by atoms with Gasteiger partial charge < -0.3 is 0 Å². The van der Waals surface area contributed by atoms with E-state index in [-0.39, 0.29) is 11.7 Å². The summed E-state index contributed by atoms with van der Waals surface area (Å²) in [6.07, 6.45) is 1.82. The molecule has 1 fully saturated rings. The van der Waals surface area contributed by atoms with E-state index in [2.05, 4.69) is 0 Å². The molecule has 1 aliphatic rings. The second-order valence-corrected chi connectivity index (χ2v) is 7.40. The number of amides is 1. The molecular formula is C16H12FNOS3. The lowest BCUT2D eigenvalue weighted by atomic mass is 10.2. The Hall–Kier alpha value is -1.50. The maximum Gasteiger partial charge on any atom is 0.266 e. The molecular weight excluding hydrogens is 337 g/mol. The molecule has 0 aliphatic carbocycles. The third kappa shape index (κ3) is 2.86. The van der Waals surface area contributed by atoms with E-state index in [1.54, 1.807) is 17.0 Å². The predicted octanol–water partition coefficient (Wildman–Crippen LogP) is 4.78. The Balaban J connectivity index is 1.90. The summed E-state index contributed by atoms with van der Waals surface area (Å²) in [6, 6.07) is 10.4. The van der Waals surface area contributed by atoms with Gasteiger partial charge in [0.15, 0.2) is 0 Å². The summed E-state index contributed by atoms with van der Waals surface area (Å²) in [5.74, 6) is -0.299. The van der Waals surface area contributed by atoms with Crippen LogP contribution in [0.4, 0.5) is 4.39 Å². The number of carbonyl (C=O) groups excluding carboxylic acids is 1. The number of thiophene rings is 1. The van der Waals surface area contributed by atoms with E-state index in [4.69, 9.17) is 12.2 Å². The molecule has 2 heterocycles. The minimum absolute atomic E-state index is 0.0571. The van der Waals surface area contributed by atoms with Crippen LogP contribution in [-0.2, 0) is 4.79 Å². The summed E-state index contributed by atoms with van der Waals surface area (Å²) < 4.78 is 14.4. The number of carbonyl (C=O) groups is 1. The quantitative estimate of drug-likeness (QED) is 0.588. The minimum atomic E-state index is -0.242. The van der Waals surface area contributed by atoms with Gasteiger partial charge >= 0.3 is 0 Å². The number of nitrogens with zero attached hydrogens (tertiary/aromatic N) is 1. The standard InChI is InChI=1S/C16H12FNOS3/c1-2-18-15(19)14(22-16(18)20)9-10-7-8-13(21-10)11-5-3-4-6-12(11)17/h3-9H,2H2,1H3/b14-9+. The van der Waals surface area contributed by atoms with Gasteiger partial charge in [-0.3, -0.25) is 9.69 Å². The molecule has 0 radical (unpaired) electrons. The van der Waals surface area contributed by atoms with Gasteiger partial charge in [-0.1, -0.05) is 42.2 Å². The van der Waals surface area contributed by atoms with E-state index < -0.39 is 0 Å². The Bertz CT molecular complexity index is 781. The van der Waals surface area contributed by atoms with Gasteiger partial charge in [0.2, 0.25) is 0 Å². The number of hydrogen-bond donors (Lipinski definition) is 0. The minimum Gasteiger partial charge on any atom is -0.293 e. The lowest BCUT2D eigenvalue weighted by molar-refractivity contribution is -0.121. The summed E-state index contributed by atoms with van der Waals surface area (Å²) in [5, 5.41) is 0. The summed E-state index contributed by atoms with van der Waals surface area (Å²) in [6.45, 7) is 2.47. The van der Waals surface area contributed by atoms with Crippen molar-refractivity contribution in [1.29, 1.82) is 0 Å². The number of likely N-dealkylation sites (N-methyl/N-ethyl adjacent to an activating group) is 1. The van der Waals surface area contributed by atoms with Gasteiger partial charge in [0.05, 0.1) is 4.91 Å². The first-order valence-electron chi connectivity index (χ1n) is 6.70. The van der Waals surface area contributed by atoms with Crippen LogP contribution in [0.5, 0.6) is 0 Å². The Morgan fingerprint density at radius 3 is 2.73 bits per heavy atom. The van der Waals surface area contributed by atoms with Gasteiger partial charge in [-0.15, -0.1) is 11.3 Å². The highest BCUT2D eigenvalue weighted by molar-refractivity contribution is 8.26. The molecule has 0 bridgehead atoms. The van der Waals surface area contributed by atoms with Crippen molar-refractivity contribution >= 4 is 51.6 Å². The molecule has 6 heteroatoms. The molecule has 0 N–H and O–H groups in total. The summed E-state index contributed by atoms with van der Waals surface area (Å²) in [4.78, 5) is 16.1. The first-order chi connectivity index (χ1) is 10.6. The molecule has 0 atom stereocenters. The second-order valence-electron chi connectivity index (χ2n) is 4.61. The van der Waals surface area contributed by atoms with Gasteiger partial charge in [0, 0.05) is 21.9 Å². The van der Waals surface area contributed by atoms with Crippen LogP contribution < -0.4 is 0 Å². The number of thiocarbonyl (C=S) groups is 1. The molecule has 1 aromatic heterocycles. The molecule has 1 saturated heterocycles. The third-order valence-electron chi connectivity index (χ3n) is 3.23. The zero-order valence-corrected chi connectivity index (χ0v) is 14.2. The normalized spacial score (nSPS) is 16.8. The highest BCUT2D eigenvalue weighted by Crippen LogP contribution is 2.35. The van der Waals surface area contributed by atoms with Crippen LogP contribution in [0, 0.1) is 5.82 Å². The molecule has 1 amide bonds. The van der Waals surface area contributed by atoms with Crippen molar-refractivity contribution in [2.24, 2.45) is 0 Å². The molecule has 1 aromatic carbocycles. The lowest BCUT2D eigenvalue weighted by Crippen LogP contribution is -2.27. The number of benzene rings is 1. The number of rotatable bonds is 3. The van der Waals surface area contributed by atoms with E-state index in [9.17, 15) is 9.18 Å². The SMILES string of the molecule is CCN1C(=O)/C(=C\c2ccc(-c3ccccc3F)s2)SC1=S. The smallest absolute Gasteiger partial charge is 0.266 e. The third-order valence-corrected chi connectivity index (χ3v) is 5.67. The van der Waals surface area contributed by atoms with E-state index >= 15 is 0 Å². The van der Waals surface area contributed by atoms with Crippen LogP contribution in [0.1, 0.15) is 11.8 Å². The molecule has 0 unspecified atom stereocenters. The van der Waals surface area contributed by atoms with Gasteiger partial charge in [0.25, 0.3) is 5.91 Å². The van der Waals surface area contributed by atoms with Crippen molar-refractivity contribution in [3.05, 3.63) is 52.0 Å². The van der Waals surface area contributed by atoms with Crippen molar-refractivity contribution in [3.63, 3.8) is 0 Å². The van der Waals surface area contributed by atoms with Crippen LogP contribution >= 0.6 is 35.3 Å². The van der Waals surface area contributed by atoms with Crippen molar-refractivity contribution in [2.45, 2.75) is 6.92 Å². The molecule has 2 aromatic rings. The Morgan fingerprint density at radius 1 is 1.27 bits per heavy atom. The van der Waals surface area contributed by atoms with Crippen LogP contribution in [-0.4, -0.2) is 21.7 Å². The monoisotopic (exact) mass is 349 g/mol. The first kappa shape index (κ1) is 15.4. The molecule has 1 aliphatic heterocycles. The molecule has 0 saturated carbocycles. The number of thioether (sulfide) groups is 1. The second kappa shape index (κ2) is 6.32. The first-order valence-corrected chi connectivity index (χ1v) is 8.74. The van der Waals surface area contributed by atoms with Crippen molar-refractivity contribution in [1.82, 2.24) is 4.90 Å². The van der Waals surface area contributed by atoms with Crippen LogP contribution in [0.2, 0.25) is 0 Å². The molecule has 3 rings (SSSR count). The highest BCUT2D eigenvalue weighted by Gasteiger charge is 2.30. The maximum atomic E-state index is 13.8. The van der Waals surface area contributed by atoms with Crippen LogP contribution in [0.15, 0.2) is 41.3 Å². The van der Waals surface area contributed by atoms with Crippen molar-refractivity contribution in [3.8, 4) is 10.4 Å². The Kier molecular flexibility index (Phi) is 4.42. The van der Waals surface area contributed by atoms with E-state index in [1.807, 2.05) is 31.2 Å². The topological polar surface area (TPSA) is 20.3 Å².